The van der Waals surface area contributed by atoms with Crippen LogP contribution in [0.2, 0.25) is 0 Å². The van der Waals surface area contributed by atoms with Gasteiger partial charge in [-0.3, -0.25) is 9.59 Å². The maximum absolute atomic E-state index is 12.1. The second-order valence-corrected chi connectivity index (χ2v) is 4.92. The monoisotopic (exact) mass is 277 g/mol. The molecule has 2 rings (SSSR count). The van der Waals surface area contributed by atoms with E-state index in [9.17, 15) is 14.7 Å². The summed E-state index contributed by atoms with van der Waals surface area (Å²) in [6.07, 6.45) is 0.668. The Morgan fingerprint density at radius 1 is 1.40 bits per heavy atom. The number of carboxylic acid groups (broad SMARTS) is 1. The van der Waals surface area contributed by atoms with Crippen molar-refractivity contribution in [3.8, 4) is 0 Å². The minimum Gasteiger partial charge on any atom is -0.481 e. The van der Waals surface area contributed by atoms with Gasteiger partial charge in [0, 0.05) is 20.1 Å². The first kappa shape index (κ1) is 14.5. The summed E-state index contributed by atoms with van der Waals surface area (Å²) in [6, 6.07) is 8.94. The van der Waals surface area contributed by atoms with E-state index in [0.717, 1.165) is 5.56 Å². The molecule has 20 heavy (non-hydrogen) atoms. The zero-order valence-electron chi connectivity index (χ0n) is 11.5. The van der Waals surface area contributed by atoms with Crippen molar-refractivity contribution in [3.63, 3.8) is 0 Å². The number of aliphatic carboxylic acids is 1. The van der Waals surface area contributed by atoms with Crippen LogP contribution < -0.4 is 0 Å². The third kappa shape index (κ3) is 2.99. The Kier molecular flexibility index (Phi) is 4.74. The van der Waals surface area contributed by atoms with E-state index < -0.39 is 17.9 Å². The molecule has 5 nitrogen and oxygen atoms in total. The van der Waals surface area contributed by atoms with Gasteiger partial charge in [-0.25, -0.2) is 0 Å². The number of carbonyl (C=O) groups is 2. The van der Waals surface area contributed by atoms with Crippen LogP contribution in [-0.4, -0.2) is 42.1 Å². The summed E-state index contributed by atoms with van der Waals surface area (Å²) >= 11 is 0. The van der Waals surface area contributed by atoms with Crippen molar-refractivity contribution < 1.29 is 19.4 Å². The van der Waals surface area contributed by atoms with E-state index in [0.29, 0.717) is 19.6 Å². The predicted molar refractivity (Wildman–Crippen MR) is 73.1 cm³/mol. The van der Waals surface area contributed by atoms with Crippen LogP contribution in [0.25, 0.3) is 0 Å². The van der Waals surface area contributed by atoms with Crippen molar-refractivity contribution in [3.05, 3.63) is 35.9 Å². The van der Waals surface area contributed by atoms with E-state index in [1.165, 1.54) is 0 Å². The molecule has 1 fully saturated rings. The Bertz CT molecular complexity index is 474. The molecule has 1 N–H and O–H groups in total. The van der Waals surface area contributed by atoms with Crippen molar-refractivity contribution in [2.45, 2.75) is 18.9 Å². The van der Waals surface area contributed by atoms with Crippen LogP contribution in [-0.2, 0) is 14.3 Å². The quantitative estimate of drug-likeness (QED) is 0.889. The third-order valence-electron chi connectivity index (χ3n) is 3.70. The molecule has 108 valence electrons. The van der Waals surface area contributed by atoms with Crippen molar-refractivity contribution in [2.75, 3.05) is 20.3 Å². The number of hydrogen-bond acceptors (Lipinski definition) is 3. The van der Waals surface area contributed by atoms with Crippen LogP contribution in [0.15, 0.2) is 30.3 Å². The molecular formula is C15H19NO4. The lowest BCUT2D eigenvalue weighted by Gasteiger charge is -2.39. The molecule has 1 heterocycles. The Morgan fingerprint density at radius 2 is 2.10 bits per heavy atom. The number of nitrogens with zero attached hydrogens (tertiary/aromatic N) is 1. The van der Waals surface area contributed by atoms with Gasteiger partial charge in [-0.05, 0) is 12.0 Å². The van der Waals surface area contributed by atoms with Crippen molar-refractivity contribution in [1.82, 2.24) is 4.90 Å². The molecule has 1 saturated heterocycles. The lowest BCUT2D eigenvalue weighted by molar-refractivity contribution is -0.152. The molecule has 0 aromatic heterocycles. The SMILES string of the molecule is COCCN1C(=O)CCC(C(=O)O)C1c1ccccc1. The largest absolute Gasteiger partial charge is 0.481 e. The second-order valence-electron chi connectivity index (χ2n) is 4.92. The highest BCUT2D eigenvalue weighted by Crippen LogP contribution is 2.36. The maximum Gasteiger partial charge on any atom is 0.308 e. The number of hydrogen-bond donors (Lipinski definition) is 1. The minimum absolute atomic E-state index is 0.00611. The van der Waals surface area contributed by atoms with Gasteiger partial charge in [0.2, 0.25) is 5.91 Å². The Hall–Kier alpha value is -1.88. The van der Waals surface area contributed by atoms with Crippen LogP contribution in [0.5, 0.6) is 0 Å². The van der Waals surface area contributed by atoms with E-state index >= 15 is 0 Å². The summed E-state index contributed by atoms with van der Waals surface area (Å²) in [5.74, 6) is -1.42. The molecule has 1 aliphatic rings. The van der Waals surface area contributed by atoms with Gasteiger partial charge in [0.25, 0.3) is 0 Å². The van der Waals surface area contributed by atoms with Gasteiger partial charge in [-0.2, -0.15) is 0 Å². The molecule has 2 unspecified atom stereocenters. The fourth-order valence-electron chi connectivity index (χ4n) is 2.73. The fourth-order valence-corrected chi connectivity index (χ4v) is 2.73. The number of carboxylic acids is 1. The van der Waals surface area contributed by atoms with Crippen molar-refractivity contribution in [1.29, 1.82) is 0 Å². The Balaban J connectivity index is 2.33. The average Bonchev–Trinajstić information content (AvgIpc) is 2.46. The van der Waals surface area contributed by atoms with E-state index in [1.807, 2.05) is 30.3 Å². The number of piperidine rings is 1. The number of methoxy groups -OCH3 is 1. The lowest BCUT2D eigenvalue weighted by atomic mass is 9.84. The van der Waals surface area contributed by atoms with Crippen LogP contribution in [0.1, 0.15) is 24.4 Å². The summed E-state index contributed by atoms with van der Waals surface area (Å²) in [5, 5.41) is 9.43. The summed E-state index contributed by atoms with van der Waals surface area (Å²) in [6.45, 7) is 0.820. The molecule has 0 radical (unpaired) electrons. The van der Waals surface area contributed by atoms with Gasteiger partial charge in [-0.15, -0.1) is 0 Å². The summed E-state index contributed by atoms with van der Waals surface area (Å²) in [5.41, 5.74) is 0.865. The Labute approximate surface area is 118 Å². The van der Waals surface area contributed by atoms with Gasteiger partial charge in [-0.1, -0.05) is 30.3 Å². The standard InChI is InChI=1S/C15H19NO4/c1-20-10-9-16-13(17)8-7-12(15(18)19)14(16)11-5-3-2-4-6-11/h2-6,12,14H,7-10H2,1H3,(H,18,19). The van der Waals surface area contributed by atoms with Gasteiger partial charge >= 0.3 is 5.97 Å². The number of amides is 1. The predicted octanol–water partition coefficient (Wildman–Crippen LogP) is 1.70. The van der Waals surface area contributed by atoms with E-state index in [1.54, 1.807) is 12.0 Å². The third-order valence-corrected chi connectivity index (χ3v) is 3.70. The summed E-state index contributed by atoms with van der Waals surface area (Å²) < 4.78 is 5.03. The minimum atomic E-state index is -0.853. The molecular weight excluding hydrogens is 258 g/mol. The van der Waals surface area contributed by atoms with Gasteiger partial charge in [0.15, 0.2) is 0 Å². The molecule has 1 aromatic carbocycles. The van der Waals surface area contributed by atoms with E-state index in [-0.39, 0.29) is 12.3 Å². The molecule has 0 spiro atoms. The first-order chi connectivity index (χ1) is 9.65. The number of ether oxygens (including phenoxy) is 1. The number of rotatable bonds is 5. The zero-order chi connectivity index (χ0) is 14.5. The van der Waals surface area contributed by atoms with Crippen LogP contribution in [0.3, 0.4) is 0 Å². The zero-order valence-corrected chi connectivity index (χ0v) is 11.5. The maximum atomic E-state index is 12.1. The van der Waals surface area contributed by atoms with Gasteiger partial charge < -0.3 is 14.7 Å². The average molecular weight is 277 g/mol. The van der Waals surface area contributed by atoms with E-state index in [4.69, 9.17) is 4.74 Å². The molecule has 5 heteroatoms. The first-order valence-corrected chi connectivity index (χ1v) is 6.71. The van der Waals surface area contributed by atoms with Gasteiger partial charge in [0.05, 0.1) is 18.6 Å². The van der Waals surface area contributed by atoms with Crippen LogP contribution in [0.4, 0.5) is 0 Å². The second kappa shape index (κ2) is 6.52. The molecule has 1 aliphatic heterocycles. The summed E-state index contributed by atoms with van der Waals surface area (Å²) in [7, 11) is 1.57. The normalized spacial score (nSPS) is 22.9. The van der Waals surface area contributed by atoms with Crippen LogP contribution in [0, 0.1) is 5.92 Å². The first-order valence-electron chi connectivity index (χ1n) is 6.71. The number of likely N-dealkylation sites (tertiary alicyclic amines) is 1. The number of benzene rings is 1. The van der Waals surface area contributed by atoms with E-state index in [2.05, 4.69) is 0 Å². The number of carbonyl (C=O) groups excluding carboxylic acids is 1. The molecule has 1 aromatic rings. The highest BCUT2D eigenvalue weighted by atomic mass is 16.5. The van der Waals surface area contributed by atoms with Gasteiger partial charge in [0.1, 0.15) is 0 Å². The molecule has 0 saturated carbocycles. The smallest absolute Gasteiger partial charge is 0.308 e. The molecule has 0 bridgehead atoms. The highest BCUT2D eigenvalue weighted by molar-refractivity contribution is 5.81. The molecule has 2 atom stereocenters. The van der Waals surface area contributed by atoms with Crippen molar-refractivity contribution >= 4 is 11.9 Å². The summed E-state index contributed by atoms with van der Waals surface area (Å²) in [4.78, 5) is 25.3. The molecule has 0 aliphatic carbocycles. The van der Waals surface area contributed by atoms with Crippen LogP contribution >= 0.6 is 0 Å². The Morgan fingerprint density at radius 3 is 2.70 bits per heavy atom. The highest BCUT2D eigenvalue weighted by Gasteiger charge is 2.40. The van der Waals surface area contributed by atoms with Crippen molar-refractivity contribution in [2.24, 2.45) is 5.92 Å². The topological polar surface area (TPSA) is 66.8 Å². The molecule has 1 amide bonds. The fraction of sp³-hybridized carbons (Fsp3) is 0.467. The lowest BCUT2D eigenvalue weighted by Crippen LogP contribution is -2.46.